The molecular formula is C15H23NO4. The summed E-state index contributed by atoms with van der Waals surface area (Å²) in [7, 11) is 1.62. The molecule has 5 heteroatoms. The molecular weight excluding hydrogens is 258 g/mol. The Hall–Kier alpha value is -1.59. The van der Waals surface area contributed by atoms with Crippen molar-refractivity contribution in [1.82, 2.24) is 0 Å². The van der Waals surface area contributed by atoms with E-state index in [0.29, 0.717) is 32.8 Å². The van der Waals surface area contributed by atoms with Crippen molar-refractivity contribution in [3.63, 3.8) is 0 Å². The van der Waals surface area contributed by atoms with Crippen LogP contribution in [0.2, 0.25) is 0 Å². The van der Waals surface area contributed by atoms with Crippen molar-refractivity contribution in [3.05, 3.63) is 29.8 Å². The highest BCUT2D eigenvalue weighted by molar-refractivity contribution is 5.70. The maximum absolute atomic E-state index is 11.5. The largest absolute Gasteiger partial charge is 0.463 e. The van der Waals surface area contributed by atoms with Crippen molar-refractivity contribution in [2.45, 2.75) is 13.3 Å². The Balaban J connectivity index is 2.04. The van der Waals surface area contributed by atoms with Crippen LogP contribution in [-0.2, 0) is 19.0 Å². The number of hydrogen-bond acceptors (Lipinski definition) is 5. The summed E-state index contributed by atoms with van der Waals surface area (Å²) in [4.78, 5) is 11.5. The average Bonchev–Trinajstić information content (AvgIpc) is 2.45. The summed E-state index contributed by atoms with van der Waals surface area (Å²) in [5.74, 6) is -0.221. The molecule has 0 aliphatic rings. The van der Waals surface area contributed by atoms with Gasteiger partial charge in [-0.25, -0.2) is 0 Å². The predicted molar refractivity (Wildman–Crippen MR) is 77.9 cm³/mol. The first-order valence-corrected chi connectivity index (χ1v) is 6.76. The van der Waals surface area contributed by atoms with Crippen LogP contribution in [0, 0.1) is 6.92 Å². The lowest BCUT2D eigenvalue weighted by Gasteiger charge is -2.09. The second-order valence-electron chi connectivity index (χ2n) is 4.32. The number of ether oxygens (including phenoxy) is 3. The lowest BCUT2D eigenvalue weighted by atomic mass is 10.2. The topological polar surface area (TPSA) is 56.8 Å². The fourth-order valence-corrected chi connectivity index (χ4v) is 1.60. The Kier molecular flexibility index (Phi) is 8.42. The molecule has 0 aliphatic heterocycles. The molecule has 0 aromatic heterocycles. The van der Waals surface area contributed by atoms with E-state index in [1.807, 2.05) is 31.2 Å². The third-order valence-electron chi connectivity index (χ3n) is 2.71. The van der Waals surface area contributed by atoms with Gasteiger partial charge in [0.15, 0.2) is 0 Å². The fourth-order valence-electron chi connectivity index (χ4n) is 1.60. The zero-order chi connectivity index (χ0) is 14.6. The first-order chi connectivity index (χ1) is 9.74. The first-order valence-electron chi connectivity index (χ1n) is 6.76. The van der Waals surface area contributed by atoms with Crippen molar-refractivity contribution in [2.24, 2.45) is 0 Å². The standard InChI is InChI=1S/C15H23NO4/c1-13-5-3-4-6-14(13)16-8-7-15(17)20-12-11-19-10-9-18-2/h3-6,16H,7-12H2,1-2H3. The van der Waals surface area contributed by atoms with E-state index in [1.54, 1.807) is 7.11 Å². The van der Waals surface area contributed by atoms with Gasteiger partial charge in [-0.1, -0.05) is 18.2 Å². The number of nitrogens with one attached hydrogen (secondary N) is 1. The number of benzene rings is 1. The quantitative estimate of drug-likeness (QED) is 0.525. The number of carbonyl (C=O) groups excluding carboxylic acids is 1. The van der Waals surface area contributed by atoms with Crippen LogP contribution in [-0.4, -0.2) is 46.1 Å². The van der Waals surface area contributed by atoms with Crippen molar-refractivity contribution in [2.75, 3.05) is 45.4 Å². The molecule has 0 atom stereocenters. The van der Waals surface area contributed by atoms with Gasteiger partial charge in [-0.05, 0) is 18.6 Å². The summed E-state index contributed by atoms with van der Waals surface area (Å²) in [5, 5.41) is 3.21. The van der Waals surface area contributed by atoms with E-state index in [0.717, 1.165) is 11.3 Å². The van der Waals surface area contributed by atoms with E-state index < -0.39 is 0 Å². The number of rotatable bonds is 10. The van der Waals surface area contributed by atoms with Crippen LogP contribution < -0.4 is 5.32 Å². The molecule has 1 rings (SSSR count). The normalized spacial score (nSPS) is 10.3. The summed E-state index contributed by atoms with van der Waals surface area (Å²) in [6.07, 6.45) is 0.340. The van der Waals surface area contributed by atoms with Crippen LogP contribution in [0.1, 0.15) is 12.0 Å². The molecule has 0 heterocycles. The summed E-state index contributed by atoms with van der Waals surface area (Å²) < 4.78 is 15.1. The van der Waals surface area contributed by atoms with Crippen LogP contribution in [0.3, 0.4) is 0 Å². The summed E-state index contributed by atoms with van der Waals surface area (Å²) in [6, 6.07) is 7.96. The number of hydrogen-bond donors (Lipinski definition) is 1. The van der Waals surface area contributed by atoms with E-state index >= 15 is 0 Å². The molecule has 1 N–H and O–H groups in total. The van der Waals surface area contributed by atoms with Gasteiger partial charge in [-0.15, -0.1) is 0 Å². The number of carbonyl (C=O) groups is 1. The van der Waals surface area contributed by atoms with E-state index in [4.69, 9.17) is 14.2 Å². The van der Waals surface area contributed by atoms with Crippen LogP contribution in [0.25, 0.3) is 0 Å². The molecule has 0 saturated heterocycles. The third kappa shape index (κ3) is 7.11. The lowest BCUT2D eigenvalue weighted by Crippen LogP contribution is -2.15. The summed E-state index contributed by atoms with van der Waals surface area (Å²) in [6.45, 7) is 4.34. The zero-order valence-corrected chi connectivity index (χ0v) is 12.2. The van der Waals surface area contributed by atoms with Crippen molar-refractivity contribution < 1.29 is 19.0 Å². The van der Waals surface area contributed by atoms with Gasteiger partial charge in [0.2, 0.25) is 0 Å². The van der Waals surface area contributed by atoms with Crippen molar-refractivity contribution >= 4 is 11.7 Å². The van der Waals surface area contributed by atoms with Gasteiger partial charge in [0.05, 0.1) is 26.2 Å². The van der Waals surface area contributed by atoms with Gasteiger partial charge < -0.3 is 19.5 Å². The van der Waals surface area contributed by atoms with E-state index in [1.165, 1.54) is 0 Å². The molecule has 0 unspecified atom stereocenters. The Morgan fingerprint density at radius 2 is 1.90 bits per heavy atom. The molecule has 0 radical (unpaired) electrons. The minimum atomic E-state index is -0.221. The highest BCUT2D eigenvalue weighted by Crippen LogP contribution is 2.12. The monoisotopic (exact) mass is 281 g/mol. The highest BCUT2D eigenvalue weighted by Gasteiger charge is 2.03. The molecule has 1 aromatic rings. The zero-order valence-electron chi connectivity index (χ0n) is 12.2. The van der Waals surface area contributed by atoms with E-state index in [-0.39, 0.29) is 12.6 Å². The first kappa shape index (κ1) is 16.5. The average molecular weight is 281 g/mol. The predicted octanol–water partition coefficient (Wildman–Crippen LogP) is 2.00. The van der Waals surface area contributed by atoms with Gasteiger partial charge in [0.1, 0.15) is 6.61 Å². The highest BCUT2D eigenvalue weighted by atomic mass is 16.6. The number of aryl methyl sites for hydroxylation is 1. The van der Waals surface area contributed by atoms with Gasteiger partial charge in [0, 0.05) is 19.3 Å². The molecule has 112 valence electrons. The molecule has 0 saturated carbocycles. The van der Waals surface area contributed by atoms with Crippen LogP contribution in [0.5, 0.6) is 0 Å². The minimum absolute atomic E-state index is 0.221. The number of para-hydroxylation sites is 1. The Morgan fingerprint density at radius 3 is 2.65 bits per heavy atom. The van der Waals surface area contributed by atoms with E-state index in [2.05, 4.69) is 5.32 Å². The second kappa shape index (κ2) is 10.2. The smallest absolute Gasteiger partial charge is 0.307 e. The minimum Gasteiger partial charge on any atom is -0.463 e. The van der Waals surface area contributed by atoms with Crippen molar-refractivity contribution in [3.8, 4) is 0 Å². The summed E-state index contributed by atoms with van der Waals surface area (Å²) >= 11 is 0. The van der Waals surface area contributed by atoms with Crippen LogP contribution in [0.4, 0.5) is 5.69 Å². The molecule has 0 bridgehead atoms. The molecule has 0 aliphatic carbocycles. The molecule has 0 amide bonds. The second-order valence-corrected chi connectivity index (χ2v) is 4.32. The van der Waals surface area contributed by atoms with Gasteiger partial charge in [-0.3, -0.25) is 4.79 Å². The van der Waals surface area contributed by atoms with Gasteiger partial charge in [0.25, 0.3) is 0 Å². The van der Waals surface area contributed by atoms with E-state index in [9.17, 15) is 4.79 Å². The molecule has 20 heavy (non-hydrogen) atoms. The number of esters is 1. The van der Waals surface area contributed by atoms with Crippen LogP contribution >= 0.6 is 0 Å². The molecule has 5 nitrogen and oxygen atoms in total. The SMILES string of the molecule is COCCOCCOC(=O)CCNc1ccccc1C. The number of anilines is 1. The van der Waals surface area contributed by atoms with Crippen molar-refractivity contribution in [1.29, 1.82) is 0 Å². The molecule has 1 aromatic carbocycles. The molecule has 0 spiro atoms. The van der Waals surface area contributed by atoms with Crippen LogP contribution in [0.15, 0.2) is 24.3 Å². The molecule has 0 fully saturated rings. The third-order valence-corrected chi connectivity index (χ3v) is 2.71. The maximum Gasteiger partial charge on any atom is 0.307 e. The fraction of sp³-hybridized carbons (Fsp3) is 0.533. The van der Waals surface area contributed by atoms with Gasteiger partial charge in [-0.2, -0.15) is 0 Å². The Labute approximate surface area is 120 Å². The summed E-state index contributed by atoms with van der Waals surface area (Å²) in [5.41, 5.74) is 2.20. The Morgan fingerprint density at radius 1 is 1.15 bits per heavy atom. The van der Waals surface area contributed by atoms with Gasteiger partial charge >= 0.3 is 5.97 Å². The number of methoxy groups -OCH3 is 1. The lowest BCUT2D eigenvalue weighted by molar-refractivity contribution is -0.145. The maximum atomic E-state index is 11.5. The Bertz CT molecular complexity index is 395.